The summed E-state index contributed by atoms with van der Waals surface area (Å²) in [4.78, 5) is 14.4. The lowest BCUT2D eigenvalue weighted by molar-refractivity contribution is 0.219. The highest BCUT2D eigenvalue weighted by molar-refractivity contribution is 7.10. The largest absolute Gasteiger partial charge is 0.487 e. The number of rotatable bonds is 4. The highest BCUT2D eigenvalue weighted by atomic mass is 32.1. The second-order valence-corrected chi connectivity index (χ2v) is 7.64. The molecule has 3 heterocycles. The van der Waals surface area contributed by atoms with E-state index >= 15 is 0 Å². The zero-order valence-corrected chi connectivity index (χ0v) is 15.7. The fraction of sp³-hybridized carbons (Fsp3) is 0.316. The number of anilines is 1. The Morgan fingerprint density at radius 3 is 3.04 bits per heavy atom. The van der Waals surface area contributed by atoms with Crippen molar-refractivity contribution in [3.8, 4) is 5.75 Å². The van der Waals surface area contributed by atoms with E-state index in [-0.39, 0.29) is 11.9 Å². The second-order valence-electron chi connectivity index (χ2n) is 6.64. The van der Waals surface area contributed by atoms with Gasteiger partial charge in [-0.3, -0.25) is 4.90 Å². The molecule has 1 atom stereocenters. The SMILES string of the molecule is CC1=C(Nc2ccc(F)cc2O[C@H]2CCNC2)c2ccsc2CN1C(N)=O. The van der Waals surface area contributed by atoms with Crippen molar-refractivity contribution >= 4 is 28.8 Å². The lowest BCUT2D eigenvalue weighted by Crippen LogP contribution is -2.36. The van der Waals surface area contributed by atoms with Crippen molar-refractivity contribution in [1.82, 2.24) is 10.2 Å². The summed E-state index contributed by atoms with van der Waals surface area (Å²) in [6.45, 7) is 3.93. The van der Waals surface area contributed by atoms with Crippen LogP contribution in [0, 0.1) is 5.82 Å². The molecule has 2 amide bonds. The van der Waals surface area contributed by atoms with Gasteiger partial charge in [0.2, 0.25) is 0 Å². The zero-order valence-electron chi connectivity index (χ0n) is 14.9. The normalized spacial score (nSPS) is 19.2. The van der Waals surface area contributed by atoms with Crippen LogP contribution >= 0.6 is 11.3 Å². The van der Waals surface area contributed by atoms with E-state index in [1.54, 1.807) is 17.4 Å². The van der Waals surface area contributed by atoms with Gasteiger partial charge in [-0.2, -0.15) is 0 Å². The number of primary amides is 1. The van der Waals surface area contributed by atoms with E-state index in [0.29, 0.717) is 18.0 Å². The minimum Gasteiger partial charge on any atom is -0.487 e. The van der Waals surface area contributed by atoms with Crippen LogP contribution in [0.1, 0.15) is 23.8 Å². The maximum atomic E-state index is 13.8. The summed E-state index contributed by atoms with van der Waals surface area (Å²) in [5.41, 5.74) is 8.72. The lowest BCUT2D eigenvalue weighted by atomic mass is 10.1. The molecule has 2 aromatic rings. The van der Waals surface area contributed by atoms with E-state index in [0.717, 1.165) is 41.3 Å². The van der Waals surface area contributed by atoms with Crippen molar-refractivity contribution in [3.63, 3.8) is 0 Å². The van der Waals surface area contributed by atoms with Crippen LogP contribution in [-0.4, -0.2) is 30.1 Å². The molecule has 8 heteroatoms. The molecule has 4 N–H and O–H groups in total. The number of fused-ring (bicyclic) bond motifs is 1. The monoisotopic (exact) mass is 388 g/mol. The number of hydrogen-bond donors (Lipinski definition) is 3. The Kier molecular flexibility index (Phi) is 4.75. The molecule has 4 rings (SSSR count). The number of allylic oxidation sites excluding steroid dienone is 1. The smallest absolute Gasteiger partial charge is 0.319 e. The molecule has 6 nitrogen and oxygen atoms in total. The number of halogens is 1. The zero-order chi connectivity index (χ0) is 19.0. The Morgan fingerprint density at radius 2 is 2.30 bits per heavy atom. The van der Waals surface area contributed by atoms with Gasteiger partial charge in [-0.05, 0) is 43.5 Å². The van der Waals surface area contributed by atoms with Crippen molar-refractivity contribution in [2.24, 2.45) is 5.73 Å². The molecular weight excluding hydrogens is 367 g/mol. The summed E-state index contributed by atoms with van der Waals surface area (Å²) in [5, 5.41) is 8.57. The molecule has 0 aliphatic carbocycles. The highest BCUT2D eigenvalue weighted by Crippen LogP contribution is 2.37. The third-order valence-corrected chi connectivity index (χ3v) is 5.77. The van der Waals surface area contributed by atoms with Crippen LogP contribution in [0.3, 0.4) is 0 Å². The van der Waals surface area contributed by atoms with Crippen LogP contribution in [0.2, 0.25) is 0 Å². The number of hydrogen-bond acceptors (Lipinski definition) is 5. The molecule has 0 unspecified atom stereocenters. The number of thiophene rings is 1. The number of carbonyl (C=O) groups excluding carboxylic acids is 1. The van der Waals surface area contributed by atoms with Gasteiger partial charge in [-0.1, -0.05) is 0 Å². The fourth-order valence-electron chi connectivity index (χ4n) is 3.42. The number of nitrogens with one attached hydrogen (secondary N) is 2. The highest BCUT2D eigenvalue weighted by Gasteiger charge is 2.27. The van der Waals surface area contributed by atoms with Gasteiger partial charge in [0, 0.05) is 28.7 Å². The minimum atomic E-state index is -0.501. The van der Waals surface area contributed by atoms with Crippen LogP contribution in [0.25, 0.3) is 5.70 Å². The average molecular weight is 388 g/mol. The van der Waals surface area contributed by atoms with Crippen molar-refractivity contribution < 1.29 is 13.9 Å². The Bertz CT molecular complexity index is 905. The Labute approximate surface area is 160 Å². The van der Waals surface area contributed by atoms with Gasteiger partial charge in [0.15, 0.2) is 0 Å². The van der Waals surface area contributed by atoms with Gasteiger partial charge in [-0.25, -0.2) is 9.18 Å². The molecular formula is C19H21FN4O2S. The molecule has 2 aliphatic rings. The molecule has 0 bridgehead atoms. The first kappa shape index (κ1) is 17.8. The van der Waals surface area contributed by atoms with Gasteiger partial charge in [0.25, 0.3) is 0 Å². The molecule has 0 saturated carbocycles. The predicted molar refractivity (Wildman–Crippen MR) is 104 cm³/mol. The number of benzene rings is 1. The van der Waals surface area contributed by atoms with Crippen molar-refractivity contribution in [3.05, 3.63) is 51.6 Å². The summed E-state index contributed by atoms with van der Waals surface area (Å²) >= 11 is 1.57. The molecule has 2 aliphatic heterocycles. The Hall–Kier alpha value is -2.58. The van der Waals surface area contributed by atoms with Crippen LogP contribution in [0.5, 0.6) is 5.75 Å². The van der Waals surface area contributed by atoms with Gasteiger partial charge in [0.05, 0.1) is 17.9 Å². The van der Waals surface area contributed by atoms with Gasteiger partial charge in [0.1, 0.15) is 17.7 Å². The number of urea groups is 1. The summed E-state index contributed by atoms with van der Waals surface area (Å²) in [5.74, 6) is 0.0998. The average Bonchev–Trinajstić information content (AvgIpc) is 3.30. The third kappa shape index (κ3) is 3.50. The fourth-order valence-corrected chi connectivity index (χ4v) is 4.29. The van der Waals surface area contributed by atoms with Crippen LogP contribution in [-0.2, 0) is 6.54 Å². The van der Waals surface area contributed by atoms with E-state index < -0.39 is 6.03 Å². The minimum absolute atomic E-state index is 0.00705. The first-order valence-electron chi connectivity index (χ1n) is 8.81. The predicted octanol–water partition coefficient (Wildman–Crippen LogP) is 3.32. The molecule has 1 saturated heterocycles. The molecule has 0 radical (unpaired) electrons. The molecule has 1 fully saturated rings. The number of ether oxygens (including phenoxy) is 1. The van der Waals surface area contributed by atoms with E-state index in [1.165, 1.54) is 17.0 Å². The second kappa shape index (κ2) is 7.21. The maximum Gasteiger partial charge on any atom is 0.319 e. The quantitative estimate of drug-likeness (QED) is 0.751. The van der Waals surface area contributed by atoms with Gasteiger partial charge >= 0.3 is 6.03 Å². The standard InChI is InChI=1S/C19H21FN4O2S/c1-11-18(14-5-7-27-17(14)10-24(11)19(21)25)23-15-3-2-12(20)8-16(15)26-13-4-6-22-9-13/h2-3,5,7-8,13,22-23H,4,6,9-10H2,1H3,(H2,21,25)/t13-/m0/s1. The summed E-state index contributed by atoms with van der Waals surface area (Å²) in [7, 11) is 0. The Balaban J connectivity index is 1.70. The Morgan fingerprint density at radius 1 is 1.44 bits per heavy atom. The summed E-state index contributed by atoms with van der Waals surface area (Å²) < 4.78 is 19.8. The van der Waals surface area contributed by atoms with Crippen molar-refractivity contribution in [2.75, 3.05) is 18.4 Å². The third-order valence-electron chi connectivity index (χ3n) is 4.86. The number of carbonyl (C=O) groups is 1. The number of nitrogens with two attached hydrogens (primary N) is 1. The molecule has 1 aromatic heterocycles. The molecule has 1 aromatic carbocycles. The van der Waals surface area contributed by atoms with Gasteiger partial charge < -0.3 is 21.1 Å². The lowest BCUT2D eigenvalue weighted by Gasteiger charge is -2.30. The molecule has 142 valence electrons. The number of amides is 2. The maximum absolute atomic E-state index is 13.8. The van der Waals surface area contributed by atoms with Crippen LogP contribution < -0.4 is 21.1 Å². The first-order chi connectivity index (χ1) is 13.0. The molecule has 0 spiro atoms. The number of nitrogens with zero attached hydrogens (tertiary/aromatic N) is 1. The summed E-state index contributed by atoms with van der Waals surface area (Å²) in [6, 6.07) is 5.94. The van der Waals surface area contributed by atoms with Crippen molar-refractivity contribution in [2.45, 2.75) is 26.0 Å². The van der Waals surface area contributed by atoms with E-state index in [4.69, 9.17) is 10.5 Å². The van der Waals surface area contributed by atoms with Crippen LogP contribution in [0.4, 0.5) is 14.9 Å². The van der Waals surface area contributed by atoms with Crippen LogP contribution in [0.15, 0.2) is 35.3 Å². The first-order valence-corrected chi connectivity index (χ1v) is 9.69. The van der Waals surface area contributed by atoms with E-state index in [2.05, 4.69) is 10.6 Å². The topological polar surface area (TPSA) is 79.6 Å². The van der Waals surface area contributed by atoms with Crippen molar-refractivity contribution in [1.29, 1.82) is 0 Å². The molecule has 27 heavy (non-hydrogen) atoms. The summed E-state index contributed by atoms with van der Waals surface area (Å²) in [6.07, 6.45) is 0.884. The van der Waals surface area contributed by atoms with E-state index in [9.17, 15) is 9.18 Å². The van der Waals surface area contributed by atoms with Gasteiger partial charge in [-0.15, -0.1) is 11.3 Å². The van der Waals surface area contributed by atoms with E-state index in [1.807, 2.05) is 18.4 Å².